The third kappa shape index (κ3) is 3.36. The van der Waals surface area contributed by atoms with Gasteiger partial charge in [0.15, 0.2) is 11.6 Å². The summed E-state index contributed by atoms with van der Waals surface area (Å²) < 4.78 is 19.3. The van der Waals surface area contributed by atoms with Gasteiger partial charge < -0.3 is 10.5 Å². The summed E-state index contributed by atoms with van der Waals surface area (Å²) >= 11 is 17.7. The van der Waals surface area contributed by atoms with Crippen LogP contribution in [-0.2, 0) is 0 Å². The molecular formula is C14H11Cl3FNO. The van der Waals surface area contributed by atoms with E-state index in [9.17, 15) is 4.39 Å². The quantitative estimate of drug-likeness (QED) is 0.742. The van der Waals surface area contributed by atoms with Crippen LogP contribution in [-0.4, -0.2) is 0 Å². The van der Waals surface area contributed by atoms with Gasteiger partial charge in [-0.2, -0.15) is 0 Å². The fourth-order valence-electron chi connectivity index (χ4n) is 1.58. The van der Waals surface area contributed by atoms with Crippen molar-refractivity contribution in [2.75, 3.05) is 0 Å². The zero-order chi connectivity index (χ0) is 14.9. The van der Waals surface area contributed by atoms with Crippen LogP contribution in [0.3, 0.4) is 0 Å². The van der Waals surface area contributed by atoms with Crippen molar-refractivity contribution in [1.82, 2.24) is 0 Å². The van der Waals surface area contributed by atoms with E-state index in [0.717, 1.165) is 0 Å². The van der Waals surface area contributed by atoms with Gasteiger partial charge in [0.1, 0.15) is 5.75 Å². The van der Waals surface area contributed by atoms with Crippen LogP contribution in [0.25, 0.3) is 0 Å². The number of benzene rings is 2. The fraction of sp³-hybridized carbons (Fsp3) is 0.143. The van der Waals surface area contributed by atoms with Gasteiger partial charge in [0, 0.05) is 12.1 Å². The minimum atomic E-state index is -0.526. The summed E-state index contributed by atoms with van der Waals surface area (Å²) in [5, 5.41) is 0.825. The molecule has 0 fully saturated rings. The van der Waals surface area contributed by atoms with E-state index in [1.807, 2.05) is 0 Å². The molecule has 0 aliphatic carbocycles. The van der Waals surface area contributed by atoms with E-state index in [0.29, 0.717) is 10.6 Å². The minimum absolute atomic E-state index is 0.0367. The second-order valence-electron chi connectivity index (χ2n) is 4.28. The summed E-state index contributed by atoms with van der Waals surface area (Å²) in [6, 6.07) is 7.12. The van der Waals surface area contributed by atoms with Gasteiger partial charge in [0.25, 0.3) is 0 Å². The van der Waals surface area contributed by atoms with E-state index in [4.69, 9.17) is 45.3 Å². The summed E-state index contributed by atoms with van der Waals surface area (Å²) in [6.45, 7) is 1.77. The maximum atomic E-state index is 13.9. The van der Waals surface area contributed by atoms with Gasteiger partial charge in [0.05, 0.1) is 15.1 Å². The predicted octanol–water partition coefficient (Wildman–Crippen LogP) is 5.60. The number of rotatable bonds is 3. The molecule has 0 aromatic heterocycles. The Hall–Kier alpha value is -1.000. The Kier molecular flexibility index (Phi) is 4.76. The molecule has 106 valence electrons. The first-order valence-electron chi connectivity index (χ1n) is 5.76. The average Bonchev–Trinajstić information content (AvgIpc) is 2.37. The van der Waals surface area contributed by atoms with E-state index in [1.165, 1.54) is 24.3 Å². The zero-order valence-corrected chi connectivity index (χ0v) is 12.7. The second kappa shape index (κ2) is 6.19. The van der Waals surface area contributed by atoms with Gasteiger partial charge in [-0.1, -0.05) is 40.9 Å². The monoisotopic (exact) mass is 333 g/mol. The summed E-state index contributed by atoms with van der Waals surface area (Å²) in [7, 11) is 0. The molecule has 0 spiro atoms. The molecule has 6 heteroatoms. The average molecular weight is 335 g/mol. The Morgan fingerprint density at radius 1 is 1.00 bits per heavy atom. The van der Waals surface area contributed by atoms with Crippen LogP contribution < -0.4 is 10.5 Å². The van der Waals surface area contributed by atoms with Crippen LogP contribution >= 0.6 is 34.8 Å². The molecule has 2 aromatic rings. The third-order valence-electron chi connectivity index (χ3n) is 2.68. The first kappa shape index (κ1) is 15.4. The summed E-state index contributed by atoms with van der Waals surface area (Å²) in [5.74, 6) is -0.259. The number of hydrogen-bond donors (Lipinski definition) is 1. The largest absolute Gasteiger partial charge is 0.453 e. The van der Waals surface area contributed by atoms with Crippen LogP contribution in [0.2, 0.25) is 15.1 Å². The molecule has 0 aliphatic heterocycles. The van der Waals surface area contributed by atoms with Crippen molar-refractivity contribution in [1.29, 1.82) is 0 Å². The van der Waals surface area contributed by atoms with Crippen molar-refractivity contribution < 1.29 is 9.13 Å². The smallest absolute Gasteiger partial charge is 0.166 e. The van der Waals surface area contributed by atoms with E-state index < -0.39 is 5.82 Å². The first-order chi connectivity index (χ1) is 9.38. The molecule has 2 rings (SSSR count). The highest BCUT2D eigenvalue weighted by Crippen LogP contribution is 2.37. The molecule has 0 radical (unpaired) electrons. The Morgan fingerprint density at radius 3 is 2.25 bits per heavy atom. The lowest BCUT2D eigenvalue weighted by molar-refractivity contribution is 0.441. The summed E-state index contributed by atoms with van der Waals surface area (Å²) in [5.41, 5.74) is 6.36. The number of hydrogen-bond acceptors (Lipinski definition) is 2. The molecule has 0 bridgehead atoms. The van der Waals surface area contributed by atoms with Crippen LogP contribution in [0.4, 0.5) is 4.39 Å². The SMILES string of the molecule is C[C@H](N)c1ccc(Oc2cc(Cl)c(Cl)cc2Cl)c(F)c1. The Morgan fingerprint density at radius 2 is 1.65 bits per heavy atom. The molecule has 2 N–H and O–H groups in total. The minimum Gasteiger partial charge on any atom is -0.453 e. The number of nitrogens with two attached hydrogens (primary N) is 1. The van der Waals surface area contributed by atoms with E-state index in [2.05, 4.69) is 0 Å². The van der Waals surface area contributed by atoms with Gasteiger partial charge >= 0.3 is 0 Å². The lowest BCUT2D eigenvalue weighted by Gasteiger charge is -2.12. The molecule has 2 aromatic carbocycles. The van der Waals surface area contributed by atoms with Crippen molar-refractivity contribution in [2.45, 2.75) is 13.0 Å². The predicted molar refractivity (Wildman–Crippen MR) is 80.5 cm³/mol. The zero-order valence-electron chi connectivity index (χ0n) is 10.5. The molecule has 0 heterocycles. The molecule has 0 saturated heterocycles. The molecule has 0 amide bonds. The first-order valence-corrected chi connectivity index (χ1v) is 6.89. The van der Waals surface area contributed by atoms with Gasteiger partial charge in [-0.15, -0.1) is 0 Å². The summed E-state index contributed by atoms with van der Waals surface area (Å²) in [6.07, 6.45) is 0. The van der Waals surface area contributed by atoms with E-state index in [1.54, 1.807) is 13.0 Å². The Balaban J connectivity index is 2.33. The normalized spacial score (nSPS) is 12.3. The van der Waals surface area contributed by atoms with Gasteiger partial charge in [-0.3, -0.25) is 0 Å². The van der Waals surface area contributed by atoms with E-state index in [-0.39, 0.29) is 27.6 Å². The number of ether oxygens (including phenoxy) is 1. The Labute approximate surface area is 131 Å². The van der Waals surface area contributed by atoms with Crippen molar-refractivity contribution >= 4 is 34.8 Å². The highest BCUT2D eigenvalue weighted by Gasteiger charge is 2.12. The van der Waals surface area contributed by atoms with Gasteiger partial charge in [0.2, 0.25) is 0 Å². The van der Waals surface area contributed by atoms with Crippen LogP contribution in [0.15, 0.2) is 30.3 Å². The van der Waals surface area contributed by atoms with Crippen LogP contribution in [0.5, 0.6) is 11.5 Å². The third-order valence-corrected chi connectivity index (χ3v) is 3.69. The standard InChI is InChI=1S/C14H11Cl3FNO/c1-7(19)8-2-3-13(12(18)4-8)20-14-6-10(16)9(15)5-11(14)17/h2-7H,19H2,1H3/t7-/m0/s1. The van der Waals surface area contributed by atoms with Crippen molar-refractivity contribution in [3.05, 3.63) is 56.8 Å². The number of halogens is 4. The molecule has 1 atom stereocenters. The lowest BCUT2D eigenvalue weighted by Crippen LogP contribution is -2.05. The van der Waals surface area contributed by atoms with Crippen LogP contribution in [0.1, 0.15) is 18.5 Å². The topological polar surface area (TPSA) is 35.2 Å². The molecular weight excluding hydrogens is 324 g/mol. The van der Waals surface area contributed by atoms with Crippen LogP contribution in [0, 0.1) is 5.82 Å². The summed E-state index contributed by atoms with van der Waals surface area (Å²) in [4.78, 5) is 0. The molecule has 20 heavy (non-hydrogen) atoms. The molecule has 2 nitrogen and oxygen atoms in total. The van der Waals surface area contributed by atoms with Gasteiger partial charge in [-0.05, 0) is 30.7 Å². The van der Waals surface area contributed by atoms with Crippen molar-refractivity contribution in [3.8, 4) is 11.5 Å². The fourth-order valence-corrected chi connectivity index (χ4v) is 2.16. The molecule has 0 saturated carbocycles. The second-order valence-corrected chi connectivity index (χ2v) is 5.50. The maximum Gasteiger partial charge on any atom is 0.166 e. The molecule has 0 unspecified atom stereocenters. The van der Waals surface area contributed by atoms with Gasteiger partial charge in [-0.25, -0.2) is 4.39 Å². The van der Waals surface area contributed by atoms with Crippen molar-refractivity contribution in [3.63, 3.8) is 0 Å². The maximum absolute atomic E-state index is 13.9. The molecule has 0 aliphatic rings. The highest BCUT2D eigenvalue weighted by atomic mass is 35.5. The lowest BCUT2D eigenvalue weighted by atomic mass is 10.1. The van der Waals surface area contributed by atoms with E-state index >= 15 is 0 Å². The Bertz CT molecular complexity index is 647. The van der Waals surface area contributed by atoms with Crippen molar-refractivity contribution in [2.24, 2.45) is 5.73 Å². The highest BCUT2D eigenvalue weighted by molar-refractivity contribution is 6.43.